The molecule has 0 atom stereocenters. The van der Waals surface area contributed by atoms with Crippen molar-refractivity contribution in [1.82, 2.24) is 9.29 Å². The fourth-order valence-electron chi connectivity index (χ4n) is 2.50. The molecule has 23 heavy (non-hydrogen) atoms. The highest BCUT2D eigenvalue weighted by Crippen LogP contribution is 2.27. The van der Waals surface area contributed by atoms with Crippen molar-refractivity contribution in [2.24, 2.45) is 0 Å². The summed E-state index contributed by atoms with van der Waals surface area (Å²) < 4.78 is 45.3. The second kappa shape index (κ2) is 5.90. The second-order valence-corrected chi connectivity index (χ2v) is 7.51. The summed E-state index contributed by atoms with van der Waals surface area (Å²) in [5.41, 5.74) is 1.24. The lowest BCUT2D eigenvalue weighted by Crippen LogP contribution is -2.56. The topological polar surface area (TPSA) is 59.5 Å². The number of hydrogen-bond donors (Lipinski definition) is 0. The van der Waals surface area contributed by atoms with Crippen LogP contribution in [0.15, 0.2) is 41.4 Å². The SMILES string of the molecule is Cc1cc(OC2CN(S(=O)(=O)c3ccc(F)cc3C)C2)ccn1. The maximum atomic E-state index is 13.1. The Balaban J connectivity index is 1.68. The molecule has 122 valence electrons. The van der Waals surface area contributed by atoms with Gasteiger partial charge in [0.25, 0.3) is 0 Å². The van der Waals surface area contributed by atoms with E-state index < -0.39 is 15.8 Å². The van der Waals surface area contributed by atoms with E-state index in [9.17, 15) is 12.8 Å². The highest BCUT2D eigenvalue weighted by atomic mass is 32.2. The second-order valence-electron chi connectivity index (χ2n) is 5.60. The number of benzene rings is 1. The van der Waals surface area contributed by atoms with Crippen LogP contribution in [0.2, 0.25) is 0 Å². The fourth-order valence-corrected chi connectivity index (χ4v) is 4.21. The van der Waals surface area contributed by atoms with E-state index in [1.54, 1.807) is 25.3 Å². The zero-order valence-electron chi connectivity index (χ0n) is 12.9. The van der Waals surface area contributed by atoms with Crippen LogP contribution in [-0.4, -0.2) is 36.9 Å². The van der Waals surface area contributed by atoms with Crippen LogP contribution in [-0.2, 0) is 10.0 Å². The van der Waals surface area contributed by atoms with Crippen molar-refractivity contribution in [3.63, 3.8) is 0 Å². The quantitative estimate of drug-likeness (QED) is 0.859. The number of nitrogens with zero attached hydrogens (tertiary/aromatic N) is 2. The third-order valence-electron chi connectivity index (χ3n) is 3.74. The Morgan fingerprint density at radius 1 is 1.22 bits per heavy atom. The summed E-state index contributed by atoms with van der Waals surface area (Å²) >= 11 is 0. The summed E-state index contributed by atoms with van der Waals surface area (Å²) in [6.07, 6.45) is 1.46. The van der Waals surface area contributed by atoms with Gasteiger partial charge in [0.05, 0.1) is 18.0 Å². The number of aryl methyl sites for hydroxylation is 2. The summed E-state index contributed by atoms with van der Waals surface area (Å²) in [6.45, 7) is 4.01. The number of hydrogen-bond acceptors (Lipinski definition) is 4. The van der Waals surface area contributed by atoms with Crippen LogP contribution in [0.5, 0.6) is 5.75 Å². The molecule has 3 rings (SSSR count). The van der Waals surface area contributed by atoms with E-state index in [0.717, 1.165) is 11.8 Å². The minimum atomic E-state index is -3.61. The molecule has 5 nitrogen and oxygen atoms in total. The maximum Gasteiger partial charge on any atom is 0.243 e. The highest BCUT2D eigenvalue weighted by Gasteiger charge is 2.38. The van der Waals surface area contributed by atoms with E-state index in [1.165, 1.54) is 16.4 Å². The minimum Gasteiger partial charge on any atom is -0.488 e. The van der Waals surface area contributed by atoms with Crippen LogP contribution >= 0.6 is 0 Å². The zero-order valence-corrected chi connectivity index (χ0v) is 13.7. The monoisotopic (exact) mass is 336 g/mol. The Morgan fingerprint density at radius 3 is 2.61 bits per heavy atom. The molecule has 0 radical (unpaired) electrons. The number of ether oxygens (including phenoxy) is 1. The van der Waals surface area contributed by atoms with Crippen LogP contribution in [0.25, 0.3) is 0 Å². The van der Waals surface area contributed by atoms with Gasteiger partial charge in [-0.2, -0.15) is 4.31 Å². The first-order chi connectivity index (χ1) is 10.9. The molecule has 1 saturated heterocycles. The van der Waals surface area contributed by atoms with Gasteiger partial charge in [-0.1, -0.05) is 0 Å². The third-order valence-corrected chi connectivity index (χ3v) is 5.73. The van der Waals surface area contributed by atoms with Crippen LogP contribution < -0.4 is 4.74 Å². The molecule has 0 spiro atoms. The van der Waals surface area contributed by atoms with E-state index in [-0.39, 0.29) is 24.1 Å². The van der Waals surface area contributed by atoms with Gasteiger partial charge in [0.1, 0.15) is 17.7 Å². The molecule has 0 amide bonds. The summed E-state index contributed by atoms with van der Waals surface area (Å²) in [4.78, 5) is 4.22. The fraction of sp³-hybridized carbons (Fsp3) is 0.312. The van der Waals surface area contributed by atoms with E-state index >= 15 is 0 Å². The van der Waals surface area contributed by atoms with Crippen LogP contribution in [0.3, 0.4) is 0 Å². The summed E-state index contributed by atoms with van der Waals surface area (Å²) in [5, 5.41) is 0. The molecule has 0 unspecified atom stereocenters. The Bertz CT molecular complexity index is 833. The molecule has 2 aromatic rings. The predicted molar refractivity (Wildman–Crippen MR) is 83.3 cm³/mol. The van der Waals surface area contributed by atoms with Crippen LogP contribution in [0.1, 0.15) is 11.3 Å². The molecule has 1 aliphatic rings. The van der Waals surface area contributed by atoms with Gasteiger partial charge in [0.2, 0.25) is 10.0 Å². The van der Waals surface area contributed by atoms with E-state index in [0.29, 0.717) is 11.3 Å². The predicted octanol–water partition coefficient (Wildman–Crippen LogP) is 2.29. The Hall–Kier alpha value is -1.99. The molecule has 1 aromatic carbocycles. The number of pyridine rings is 1. The van der Waals surface area contributed by atoms with Gasteiger partial charge in [0, 0.05) is 18.0 Å². The van der Waals surface area contributed by atoms with Crippen molar-refractivity contribution in [2.75, 3.05) is 13.1 Å². The van der Waals surface area contributed by atoms with E-state index in [1.807, 2.05) is 6.92 Å². The number of rotatable bonds is 4. The molecule has 2 heterocycles. The summed E-state index contributed by atoms with van der Waals surface area (Å²) in [5.74, 6) is 0.233. The Morgan fingerprint density at radius 2 is 1.96 bits per heavy atom. The lowest BCUT2D eigenvalue weighted by molar-refractivity contribution is 0.0760. The number of aromatic nitrogens is 1. The van der Waals surface area contributed by atoms with Crippen molar-refractivity contribution < 1.29 is 17.5 Å². The molecule has 1 aliphatic heterocycles. The zero-order chi connectivity index (χ0) is 16.6. The van der Waals surface area contributed by atoms with Gasteiger partial charge >= 0.3 is 0 Å². The maximum absolute atomic E-state index is 13.1. The first-order valence-corrected chi connectivity index (χ1v) is 8.66. The molecule has 7 heteroatoms. The largest absolute Gasteiger partial charge is 0.488 e. The van der Waals surface area contributed by atoms with Crippen LogP contribution in [0.4, 0.5) is 4.39 Å². The summed E-state index contributed by atoms with van der Waals surface area (Å²) in [6, 6.07) is 7.24. The first kappa shape index (κ1) is 15.9. The van der Waals surface area contributed by atoms with Gasteiger partial charge in [-0.05, 0) is 43.7 Å². The van der Waals surface area contributed by atoms with Gasteiger partial charge in [-0.25, -0.2) is 12.8 Å². The normalized spacial score (nSPS) is 16.1. The van der Waals surface area contributed by atoms with Crippen molar-refractivity contribution in [2.45, 2.75) is 24.8 Å². The smallest absolute Gasteiger partial charge is 0.243 e. The standard InChI is InChI=1S/C16H17FN2O3S/c1-11-7-13(17)3-4-16(11)23(20,21)19-9-15(10-19)22-14-5-6-18-12(2)8-14/h3-8,15H,9-10H2,1-2H3. The molecule has 0 aliphatic carbocycles. The lowest BCUT2D eigenvalue weighted by Gasteiger charge is -2.38. The molecule has 0 saturated carbocycles. The number of sulfonamides is 1. The van der Waals surface area contributed by atoms with Gasteiger partial charge in [-0.15, -0.1) is 0 Å². The first-order valence-electron chi connectivity index (χ1n) is 7.22. The molecule has 1 aromatic heterocycles. The van der Waals surface area contributed by atoms with Gasteiger partial charge < -0.3 is 4.74 Å². The molecule has 0 N–H and O–H groups in total. The molecule has 0 bridgehead atoms. The summed E-state index contributed by atoms with van der Waals surface area (Å²) in [7, 11) is -3.61. The Kier molecular flexibility index (Phi) is 4.08. The number of halogens is 1. The highest BCUT2D eigenvalue weighted by molar-refractivity contribution is 7.89. The van der Waals surface area contributed by atoms with Crippen molar-refractivity contribution in [3.05, 3.63) is 53.6 Å². The van der Waals surface area contributed by atoms with Crippen molar-refractivity contribution in [3.8, 4) is 5.75 Å². The Labute approximate surface area is 134 Å². The average molecular weight is 336 g/mol. The minimum absolute atomic E-state index is 0.136. The van der Waals surface area contributed by atoms with Gasteiger partial charge in [-0.3, -0.25) is 4.98 Å². The molecular formula is C16H17FN2O3S. The van der Waals surface area contributed by atoms with Crippen molar-refractivity contribution >= 4 is 10.0 Å². The third kappa shape index (κ3) is 3.20. The van der Waals surface area contributed by atoms with E-state index in [2.05, 4.69) is 4.98 Å². The average Bonchev–Trinajstić information content (AvgIpc) is 2.41. The van der Waals surface area contributed by atoms with E-state index in [4.69, 9.17) is 4.74 Å². The molecule has 1 fully saturated rings. The van der Waals surface area contributed by atoms with Crippen molar-refractivity contribution in [1.29, 1.82) is 0 Å². The lowest BCUT2D eigenvalue weighted by atomic mass is 10.2. The van der Waals surface area contributed by atoms with Crippen LogP contribution in [0, 0.1) is 19.7 Å². The molecular weight excluding hydrogens is 319 g/mol. The van der Waals surface area contributed by atoms with Gasteiger partial charge in [0.15, 0.2) is 0 Å².